The van der Waals surface area contributed by atoms with Gasteiger partial charge in [0, 0.05) is 5.30 Å². The molecule has 0 radical (unpaired) electrons. The van der Waals surface area contributed by atoms with Gasteiger partial charge in [0.1, 0.15) is 0 Å². The van der Waals surface area contributed by atoms with Crippen molar-refractivity contribution in [1.82, 2.24) is 0 Å². The van der Waals surface area contributed by atoms with E-state index in [0.29, 0.717) is 0 Å². The van der Waals surface area contributed by atoms with Gasteiger partial charge in [-0.1, -0.05) is 18.2 Å². The minimum absolute atomic E-state index is 0.0994. The van der Waals surface area contributed by atoms with Gasteiger partial charge in [-0.05, 0) is 12.1 Å². The summed E-state index contributed by atoms with van der Waals surface area (Å²) in [4.78, 5) is 0. The van der Waals surface area contributed by atoms with Crippen LogP contribution < -0.4 is 5.30 Å². The average molecular weight is 301 g/mol. The first-order valence-electron chi connectivity index (χ1n) is 2.56. The Kier molecular flexibility index (Phi) is 9.10. The van der Waals surface area contributed by atoms with Crippen LogP contribution in [-0.4, -0.2) is 0 Å². The minimum atomic E-state index is -0.106. The third kappa shape index (κ3) is 6.94. The predicted octanol–water partition coefficient (Wildman–Crippen LogP) is 2.98. The molecule has 0 bridgehead atoms. The molecule has 5 heteroatoms. The van der Waals surface area contributed by atoms with Crippen LogP contribution >= 0.6 is 27.5 Å². The molecule has 0 saturated heterocycles. The van der Waals surface area contributed by atoms with Crippen LogP contribution in [0.5, 0.6) is 0 Å². The quantitative estimate of drug-likeness (QED) is 0.576. The van der Waals surface area contributed by atoms with E-state index in [-0.39, 0.29) is 24.4 Å². The maximum absolute atomic E-state index is 10.1. The van der Waals surface area contributed by atoms with E-state index in [1.54, 1.807) is 0 Å². The summed E-state index contributed by atoms with van der Waals surface area (Å²) in [6.07, 6.45) is 0. The molecular weight excluding hydrogens is 296 g/mol. The van der Waals surface area contributed by atoms with Crippen LogP contribution in [0.3, 0.4) is 0 Å². The molecule has 1 nitrogen and oxygen atoms in total. The average Bonchev–Trinajstić information content (AvgIpc) is 2.08. The monoisotopic (exact) mass is 300 g/mol. The molecule has 0 aromatic heterocycles. The Balaban J connectivity index is 0.000000292. The Morgan fingerprint density at radius 3 is 1.91 bits per heavy atom. The molecule has 0 aliphatic carbocycles. The molecule has 64 valence electrons. The van der Waals surface area contributed by atoms with Crippen molar-refractivity contribution in [2.45, 2.75) is 0 Å². The summed E-state index contributed by atoms with van der Waals surface area (Å²) in [6.45, 7) is 0. The third-order valence-corrected chi connectivity index (χ3v) is 1.37. The molecule has 11 heavy (non-hydrogen) atoms. The fourth-order valence-electron chi connectivity index (χ4n) is 0.489. The molecule has 0 unspecified atom stereocenters. The molecule has 0 spiro atoms. The fraction of sp³-hybridized carbons (Fsp3) is 0. The van der Waals surface area contributed by atoms with E-state index >= 15 is 0 Å². The van der Waals surface area contributed by atoms with Crippen LogP contribution in [0, 0.1) is 0 Å². The second-order valence-electron chi connectivity index (χ2n) is 1.47. The van der Waals surface area contributed by atoms with Crippen molar-refractivity contribution in [3.05, 3.63) is 30.3 Å². The fourth-order valence-corrected chi connectivity index (χ4v) is 0.783. The van der Waals surface area contributed by atoms with Crippen LogP contribution in [-0.2, 0) is 20.5 Å². The first-order chi connectivity index (χ1) is 5.35. The van der Waals surface area contributed by atoms with Crippen molar-refractivity contribution in [2.75, 3.05) is 0 Å². The van der Waals surface area contributed by atoms with Gasteiger partial charge in [-0.25, -0.2) is 0 Å². The van der Waals surface area contributed by atoms with Gasteiger partial charge in [-0.2, -0.15) is 0 Å². The van der Waals surface area contributed by atoms with Crippen molar-refractivity contribution in [3.63, 3.8) is 0 Å². The number of halogens is 2. The molecule has 1 aromatic rings. The molecule has 0 N–H and O–H groups in total. The van der Waals surface area contributed by atoms with Gasteiger partial charge in [0.2, 0.25) is 0 Å². The number of hydrogen-bond acceptors (Lipinski definition) is 1. The number of benzene rings is 1. The van der Waals surface area contributed by atoms with Crippen molar-refractivity contribution >= 4 is 32.8 Å². The van der Waals surface area contributed by atoms with Gasteiger partial charge < -0.3 is 0 Å². The molecule has 0 heterocycles. The van der Waals surface area contributed by atoms with Crippen LogP contribution in [0.4, 0.5) is 0 Å². The van der Waals surface area contributed by atoms with Crippen LogP contribution in [0.25, 0.3) is 0 Å². The first-order valence-corrected chi connectivity index (χ1v) is 7.37. The van der Waals surface area contributed by atoms with E-state index in [2.05, 4.69) is 0 Å². The second-order valence-corrected chi connectivity index (χ2v) is 4.53. The second kappa shape index (κ2) is 8.66. The Morgan fingerprint density at radius 1 is 1.18 bits per heavy atom. The SMILES string of the molecule is O=Pc1ccccc1.[Cl][Pd][Cl]. The molecule has 0 aliphatic rings. The van der Waals surface area contributed by atoms with Crippen LogP contribution in [0.2, 0.25) is 0 Å². The van der Waals surface area contributed by atoms with E-state index < -0.39 is 0 Å². The molecule has 0 saturated carbocycles. The summed E-state index contributed by atoms with van der Waals surface area (Å²) >= 11 is -0.106. The van der Waals surface area contributed by atoms with Gasteiger partial charge in [0.15, 0.2) is 8.46 Å². The summed E-state index contributed by atoms with van der Waals surface area (Å²) in [5.41, 5.74) is 0. The van der Waals surface area contributed by atoms with Crippen LogP contribution in [0.1, 0.15) is 0 Å². The van der Waals surface area contributed by atoms with E-state index in [1.807, 2.05) is 30.3 Å². The zero-order valence-electron chi connectivity index (χ0n) is 5.31. The summed E-state index contributed by atoms with van der Waals surface area (Å²) in [7, 11) is 9.73. The Hall–Kier alpha value is 0.562. The van der Waals surface area contributed by atoms with E-state index in [0.717, 1.165) is 5.30 Å². The topological polar surface area (TPSA) is 17.1 Å². The summed E-state index contributed by atoms with van der Waals surface area (Å²) in [5, 5.41) is 0.826. The van der Waals surface area contributed by atoms with Crippen LogP contribution in [0.15, 0.2) is 30.3 Å². The molecule has 0 aliphatic heterocycles. The number of rotatable bonds is 1. The zero-order chi connectivity index (χ0) is 8.53. The zero-order valence-corrected chi connectivity index (χ0v) is 9.28. The Morgan fingerprint density at radius 2 is 1.64 bits per heavy atom. The maximum atomic E-state index is 10.1. The first kappa shape index (κ1) is 11.6. The van der Waals surface area contributed by atoms with Gasteiger partial charge in [0.05, 0.1) is 0 Å². The Labute approximate surface area is 83.4 Å². The molecule has 0 fully saturated rings. The molecule has 0 atom stereocenters. The molecular formula is C6H5Cl2OPPd. The van der Waals surface area contributed by atoms with Gasteiger partial charge in [-0.3, -0.25) is 4.57 Å². The van der Waals surface area contributed by atoms with Gasteiger partial charge in [-0.15, -0.1) is 0 Å². The van der Waals surface area contributed by atoms with Gasteiger partial charge >= 0.3 is 35.0 Å². The molecule has 1 rings (SSSR count). The van der Waals surface area contributed by atoms with Crippen molar-refractivity contribution in [1.29, 1.82) is 0 Å². The normalized spacial score (nSPS) is 8.91. The summed E-state index contributed by atoms with van der Waals surface area (Å²) in [6, 6.07) is 9.25. The molecule has 0 amide bonds. The Bertz CT molecular complexity index is 195. The predicted molar refractivity (Wildman–Crippen MR) is 45.4 cm³/mol. The van der Waals surface area contributed by atoms with E-state index in [1.165, 1.54) is 0 Å². The molecule has 1 aromatic carbocycles. The van der Waals surface area contributed by atoms with Crippen molar-refractivity contribution in [3.8, 4) is 0 Å². The summed E-state index contributed by atoms with van der Waals surface area (Å²) in [5.74, 6) is 0. The van der Waals surface area contributed by atoms with Crippen molar-refractivity contribution in [2.24, 2.45) is 0 Å². The summed E-state index contributed by atoms with van der Waals surface area (Å²) < 4.78 is 10.1. The van der Waals surface area contributed by atoms with E-state index in [9.17, 15) is 4.57 Å². The number of hydrogen-bond donors (Lipinski definition) is 0. The van der Waals surface area contributed by atoms with Gasteiger partial charge in [0.25, 0.3) is 0 Å². The van der Waals surface area contributed by atoms with E-state index in [4.69, 9.17) is 19.1 Å². The standard InChI is InChI=1S/C6H5OP.2ClH.Pd/c7-8-6-4-2-1-3-5-6;;;/h1-5H;2*1H;/q;;;+2/p-2. The van der Waals surface area contributed by atoms with Crippen molar-refractivity contribution < 1.29 is 20.5 Å². The third-order valence-electron chi connectivity index (χ3n) is 0.862.